The van der Waals surface area contributed by atoms with Gasteiger partial charge in [0.1, 0.15) is 5.01 Å². The monoisotopic (exact) mass is 309 g/mol. The molecule has 1 aliphatic carbocycles. The molecule has 1 aromatic rings. The molecule has 9 heteroatoms. The lowest BCUT2D eigenvalue weighted by molar-refractivity contribution is -0.140. The lowest BCUT2D eigenvalue weighted by atomic mass is 10.5. The minimum atomic E-state index is -4.46. The Bertz CT molecular complexity index is 474. The van der Waals surface area contributed by atoms with Crippen LogP contribution in [-0.2, 0) is 12.7 Å². The summed E-state index contributed by atoms with van der Waals surface area (Å²) in [5.74, 6) is 0. The molecule has 1 fully saturated rings. The Morgan fingerprint density at radius 2 is 2.25 bits per heavy atom. The first-order valence-corrected chi connectivity index (χ1v) is 6.96. The van der Waals surface area contributed by atoms with Crippen molar-refractivity contribution < 1.29 is 23.1 Å². The van der Waals surface area contributed by atoms with Gasteiger partial charge in [-0.25, -0.2) is 9.78 Å². The zero-order valence-electron chi connectivity index (χ0n) is 10.5. The topological polar surface area (TPSA) is 65.5 Å². The predicted molar refractivity (Wildman–Crippen MR) is 66.2 cm³/mol. The summed E-state index contributed by atoms with van der Waals surface area (Å²) in [5, 5.41) is 12.5. The minimum absolute atomic E-state index is 0.0474. The van der Waals surface area contributed by atoms with E-state index < -0.39 is 11.9 Å². The Kier molecular flexibility index (Phi) is 4.48. The van der Waals surface area contributed by atoms with Crippen molar-refractivity contribution in [3.8, 4) is 0 Å². The van der Waals surface area contributed by atoms with Crippen molar-refractivity contribution >= 4 is 17.4 Å². The van der Waals surface area contributed by atoms with Gasteiger partial charge in [0, 0.05) is 18.0 Å². The van der Waals surface area contributed by atoms with E-state index in [1.807, 2.05) is 0 Å². The summed E-state index contributed by atoms with van der Waals surface area (Å²) >= 11 is 0.854. The smallest absolute Gasteiger partial charge is 0.395 e. The van der Waals surface area contributed by atoms with Crippen molar-refractivity contribution in [2.45, 2.75) is 31.6 Å². The number of alkyl halides is 3. The number of halogens is 3. The fourth-order valence-corrected chi connectivity index (χ4v) is 2.46. The molecule has 0 radical (unpaired) electrons. The van der Waals surface area contributed by atoms with Gasteiger partial charge in [-0.15, -0.1) is 11.3 Å². The predicted octanol–water partition coefficient (Wildman–Crippen LogP) is 1.83. The maximum absolute atomic E-state index is 12.4. The maximum Gasteiger partial charge on any atom is 0.434 e. The third-order valence-corrected chi connectivity index (χ3v) is 3.67. The van der Waals surface area contributed by atoms with E-state index in [0.29, 0.717) is 0 Å². The van der Waals surface area contributed by atoms with Gasteiger partial charge >= 0.3 is 12.2 Å². The number of nitrogens with zero attached hydrogens (tertiary/aromatic N) is 2. The molecule has 0 atom stereocenters. The second-order valence-electron chi connectivity index (χ2n) is 4.43. The van der Waals surface area contributed by atoms with Gasteiger partial charge in [0.15, 0.2) is 5.69 Å². The van der Waals surface area contributed by atoms with E-state index >= 15 is 0 Å². The molecule has 1 heterocycles. The number of carbonyl (C=O) groups excluding carboxylic acids is 1. The van der Waals surface area contributed by atoms with E-state index in [2.05, 4.69) is 10.3 Å². The normalized spacial score (nSPS) is 15.2. The summed E-state index contributed by atoms with van der Waals surface area (Å²) in [6, 6.07) is -0.255. The molecule has 5 nitrogen and oxygen atoms in total. The highest BCUT2D eigenvalue weighted by Crippen LogP contribution is 2.30. The largest absolute Gasteiger partial charge is 0.434 e. The standard InChI is InChI=1S/C11H14F3N3O2S/c12-11(13,14)8-6-20-9(16-8)5-15-10(19)17(3-4-18)7-1-2-7/h6-7,18H,1-5H2,(H,15,19). The number of amides is 2. The molecule has 1 aromatic heterocycles. The third-order valence-electron chi connectivity index (χ3n) is 2.82. The molecule has 2 amide bonds. The van der Waals surface area contributed by atoms with Crippen LogP contribution in [-0.4, -0.2) is 40.2 Å². The van der Waals surface area contributed by atoms with Gasteiger partial charge in [0.05, 0.1) is 13.2 Å². The Morgan fingerprint density at radius 3 is 2.75 bits per heavy atom. The molecular weight excluding hydrogens is 295 g/mol. The van der Waals surface area contributed by atoms with Crippen LogP contribution in [0.25, 0.3) is 0 Å². The van der Waals surface area contributed by atoms with Crippen LogP contribution in [0, 0.1) is 0 Å². The van der Waals surface area contributed by atoms with Crippen molar-refractivity contribution in [2.24, 2.45) is 0 Å². The van der Waals surface area contributed by atoms with E-state index in [-0.39, 0.29) is 36.8 Å². The van der Waals surface area contributed by atoms with Gasteiger partial charge in [-0.2, -0.15) is 13.2 Å². The Labute approximate surface area is 117 Å². The number of hydrogen-bond donors (Lipinski definition) is 2. The van der Waals surface area contributed by atoms with Gasteiger partial charge in [-0.05, 0) is 12.8 Å². The van der Waals surface area contributed by atoms with Crippen molar-refractivity contribution in [3.05, 3.63) is 16.1 Å². The second-order valence-corrected chi connectivity index (χ2v) is 5.37. The number of thiazole rings is 1. The fraction of sp³-hybridized carbons (Fsp3) is 0.636. The van der Waals surface area contributed by atoms with E-state index in [0.717, 1.165) is 29.6 Å². The molecule has 2 N–H and O–H groups in total. The average Bonchev–Trinajstić information content (AvgIpc) is 3.08. The highest BCUT2D eigenvalue weighted by atomic mass is 32.1. The van der Waals surface area contributed by atoms with E-state index in [4.69, 9.17) is 5.11 Å². The molecule has 2 rings (SSSR count). The molecular formula is C11H14F3N3O2S. The highest BCUT2D eigenvalue weighted by molar-refractivity contribution is 7.09. The van der Waals surface area contributed by atoms with E-state index in [1.165, 1.54) is 4.90 Å². The van der Waals surface area contributed by atoms with Crippen LogP contribution in [0.1, 0.15) is 23.5 Å². The molecule has 0 aliphatic heterocycles. The summed E-state index contributed by atoms with van der Waals surface area (Å²) in [7, 11) is 0. The van der Waals surface area contributed by atoms with Crippen LogP contribution in [0.3, 0.4) is 0 Å². The Hall–Kier alpha value is -1.35. The SMILES string of the molecule is O=C(NCc1nc(C(F)(F)F)cs1)N(CCO)C1CC1. The van der Waals surface area contributed by atoms with Gasteiger partial charge in [0.25, 0.3) is 0 Å². The molecule has 0 saturated heterocycles. The summed E-state index contributed by atoms with van der Waals surface area (Å²) in [4.78, 5) is 16.8. The lowest BCUT2D eigenvalue weighted by Gasteiger charge is -2.21. The molecule has 0 bridgehead atoms. The summed E-state index contributed by atoms with van der Waals surface area (Å²) in [6.45, 7) is 0.0375. The molecule has 0 aromatic carbocycles. The molecule has 20 heavy (non-hydrogen) atoms. The number of aliphatic hydroxyl groups excluding tert-OH is 1. The molecule has 112 valence electrons. The van der Waals surface area contributed by atoms with Crippen LogP contribution in [0.4, 0.5) is 18.0 Å². The van der Waals surface area contributed by atoms with Gasteiger partial charge in [0.2, 0.25) is 0 Å². The third kappa shape index (κ3) is 3.83. The highest BCUT2D eigenvalue weighted by Gasteiger charge is 2.34. The maximum atomic E-state index is 12.4. The molecule has 1 saturated carbocycles. The van der Waals surface area contributed by atoms with Crippen LogP contribution < -0.4 is 5.32 Å². The van der Waals surface area contributed by atoms with Crippen molar-refractivity contribution in [1.29, 1.82) is 0 Å². The number of hydrogen-bond acceptors (Lipinski definition) is 4. The summed E-state index contributed by atoms with van der Waals surface area (Å²) in [5.41, 5.74) is -0.943. The van der Waals surface area contributed by atoms with Crippen LogP contribution in [0.2, 0.25) is 0 Å². The van der Waals surface area contributed by atoms with E-state index in [1.54, 1.807) is 0 Å². The Balaban J connectivity index is 1.87. The minimum Gasteiger partial charge on any atom is -0.395 e. The summed E-state index contributed by atoms with van der Waals surface area (Å²) < 4.78 is 37.1. The number of rotatable bonds is 5. The second kappa shape index (κ2) is 5.96. The lowest BCUT2D eigenvalue weighted by Crippen LogP contribution is -2.42. The number of urea groups is 1. The van der Waals surface area contributed by atoms with Crippen molar-refractivity contribution in [2.75, 3.05) is 13.2 Å². The van der Waals surface area contributed by atoms with Crippen LogP contribution in [0.5, 0.6) is 0 Å². The first kappa shape index (κ1) is 15.0. The van der Waals surface area contributed by atoms with Crippen molar-refractivity contribution in [1.82, 2.24) is 15.2 Å². The average molecular weight is 309 g/mol. The number of aromatic nitrogens is 1. The summed E-state index contributed by atoms with van der Waals surface area (Å²) in [6.07, 6.45) is -2.68. The first-order chi connectivity index (χ1) is 9.41. The van der Waals surface area contributed by atoms with E-state index in [9.17, 15) is 18.0 Å². The van der Waals surface area contributed by atoms with Crippen LogP contribution in [0.15, 0.2) is 5.38 Å². The zero-order chi connectivity index (χ0) is 14.8. The number of aliphatic hydroxyl groups is 1. The number of carbonyl (C=O) groups is 1. The quantitative estimate of drug-likeness (QED) is 0.872. The Morgan fingerprint density at radius 1 is 1.55 bits per heavy atom. The van der Waals surface area contributed by atoms with Gasteiger partial charge in [-0.1, -0.05) is 0 Å². The number of nitrogens with one attached hydrogen (secondary N) is 1. The fourth-order valence-electron chi connectivity index (χ4n) is 1.72. The zero-order valence-corrected chi connectivity index (χ0v) is 11.3. The van der Waals surface area contributed by atoms with Crippen LogP contribution >= 0.6 is 11.3 Å². The van der Waals surface area contributed by atoms with Gasteiger partial charge < -0.3 is 15.3 Å². The molecule has 0 spiro atoms. The van der Waals surface area contributed by atoms with Gasteiger partial charge in [-0.3, -0.25) is 0 Å². The molecule has 1 aliphatic rings. The van der Waals surface area contributed by atoms with Crippen molar-refractivity contribution in [3.63, 3.8) is 0 Å². The molecule has 0 unspecified atom stereocenters. The first-order valence-electron chi connectivity index (χ1n) is 6.08.